The molecule has 0 atom stereocenters. The Balaban J connectivity index is 2.44. The Morgan fingerprint density at radius 1 is 1.37 bits per heavy atom. The molecule has 0 aliphatic carbocycles. The number of carbonyl (C=O) groups is 2. The maximum absolute atomic E-state index is 11.3. The molecule has 1 rings (SSSR count). The third-order valence-electron chi connectivity index (χ3n) is 2.62. The van der Waals surface area contributed by atoms with Gasteiger partial charge in [-0.25, -0.2) is 0 Å². The first-order valence-corrected chi connectivity index (χ1v) is 6.34. The van der Waals surface area contributed by atoms with E-state index in [4.69, 9.17) is 10.5 Å². The number of nitrogen functional groups attached to an aromatic ring is 1. The Hall–Kier alpha value is -2.04. The lowest BCUT2D eigenvalue weighted by molar-refractivity contribution is -0.143. The Morgan fingerprint density at radius 3 is 2.74 bits per heavy atom. The van der Waals surface area contributed by atoms with Crippen LogP contribution in [0.15, 0.2) is 18.2 Å². The van der Waals surface area contributed by atoms with E-state index >= 15 is 0 Å². The second-order valence-electron chi connectivity index (χ2n) is 4.19. The molecule has 3 N–H and O–H groups in total. The topological polar surface area (TPSA) is 81.4 Å². The number of ketones is 1. The summed E-state index contributed by atoms with van der Waals surface area (Å²) in [5.74, 6) is -0.251. The molecule has 19 heavy (non-hydrogen) atoms. The number of hydrogen-bond acceptors (Lipinski definition) is 5. The zero-order valence-corrected chi connectivity index (χ0v) is 11.4. The summed E-state index contributed by atoms with van der Waals surface area (Å²) < 4.78 is 4.83. The number of ether oxygens (including phenoxy) is 1. The van der Waals surface area contributed by atoms with Crippen LogP contribution in [0.5, 0.6) is 0 Å². The number of benzene rings is 1. The zero-order valence-electron chi connectivity index (χ0n) is 11.4. The molecule has 0 heterocycles. The molecule has 0 saturated heterocycles. The normalized spacial score (nSPS) is 10.0. The quantitative estimate of drug-likeness (QED) is 0.341. The molecular weight excluding hydrogens is 244 g/mol. The van der Waals surface area contributed by atoms with Gasteiger partial charge in [0.25, 0.3) is 0 Å². The summed E-state index contributed by atoms with van der Waals surface area (Å²) in [5, 5.41) is 3.15. The molecular formula is C14H20N2O3. The second-order valence-corrected chi connectivity index (χ2v) is 4.19. The van der Waals surface area contributed by atoms with E-state index < -0.39 is 0 Å². The minimum absolute atomic E-state index is 0.0623. The summed E-state index contributed by atoms with van der Waals surface area (Å²) in [5.41, 5.74) is 7.52. The summed E-state index contributed by atoms with van der Waals surface area (Å²) in [6.07, 6.45) is 1.06. The van der Waals surface area contributed by atoms with E-state index in [1.807, 2.05) is 6.07 Å². The van der Waals surface area contributed by atoms with Crippen molar-refractivity contribution >= 4 is 23.1 Å². The number of Topliss-reactive ketones (excluding diaryl/α,β-unsaturated/α-hetero) is 1. The van der Waals surface area contributed by atoms with Crippen LogP contribution < -0.4 is 11.1 Å². The monoisotopic (exact) mass is 264 g/mol. The van der Waals surface area contributed by atoms with Crippen LogP contribution in [0.25, 0.3) is 0 Å². The van der Waals surface area contributed by atoms with Gasteiger partial charge in [0.05, 0.1) is 6.61 Å². The number of rotatable bonds is 7. The number of anilines is 2. The Bertz CT molecular complexity index is 458. The van der Waals surface area contributed by atoms with Crippen LogP contribution in [-0.4, -0.2) is 24.9 Å². The lowest BCUT2D eigenvalue weighted by Gasteiger charge is -2.09. The Morgan fingerprint density at radius 2 is 2.11 bits per heavy atom. The average Bonchev–Trinajstić information content (AvgIpc) is 2.36. The van der Waals surface area contributed by atoms with E-state index in [1.165, 1.54) is 6.92 Å². The molecule has 0 aliphatic rings. The fraction of sp³-hybridized carbons (Fsp3) is 0.429. The van der Waals surface area contributed by atoms with Gasteiger partial charge >= 0.3 is 5.97 Å². The fourth-order valence-electron chi connectivity index (χ4n) is 1.67. The molecule has 0 saturated carbocycles. The van der Waals surface area contributed by atoms with Gasteiger partial charge in [0.2, 0.25) is 0 Å². The van der Waals surface area contributed by atoms with E-state index in [9.17, 15) is 9.59 Å². The molecule has 0 bridgehead atoms. The van der Waals surface area contributed by atoms with Crippen molar-refractivity contribution < 1.29 is 14.3 Å². The van der Waals surface area contributed by atoms with Gasteiger partial charge in [-0.15, -0.1) is 0 Å². The fourth-order valence-corrected chi connectivity index (χ4v) is 1.67. The van der Waals surface area contributed by atoms with E-state index in [2.05, 4.69) is 5.32 Å². The highest BCUT2D eigenvalue weighted by molar-refractivity contribution is 6.00. The van der Waals surface area contributed by atoms with Gasteiger partial charge in [0, 0.05) is 29.9 Å². The lowest BCUT2D eigenvalue weighted by Crippen LogP contribution is -2.09. The Labute approximate surface area is 113 Å². The van der Waals surface area contributed by atoms with Gasteiger partial charge in [-0.3, -0.25) is 9.59 Å². The lowest BCUT2D eigenvalue weighted by atomic mass is 10.1. The van der Waals surface area contributed by atoms with Gasteiger partial charge in [0.15, 0.2) is 5.78 Å². The summed E-state index contributed by atoms with van der Waals surface area (Å²) in [7, 11) is 0. The van der Waals surface area contributed by atoms with Crippen molar-refractivity contribution in [2.45, 2.75) is 26.7 Å². The number of nitrogens with two attached hydrogens (primary N) is 1. The van der Waals surface area contributed by atoms with Crippen molar-refractivity contribution in [1.82, 2.24) is 0 Å². The zero-order chi connectivity index (χ0) is 14.3. The van der Waals surface area contributed by atoms with E-state index in [-0.39, 0.29) is 11.8 Å². The molecule has 0 aliphatic heterocycles. The number of hydrogen-bond donors (Lipinski definition) is 2. The van der Waals surface area contributed by atoms with Crippen molar-refractivity contribution in [3.05, 3.63) is 23.8 Å². The maximum atomic E-state index is 11.3. The van der Waals surface area contributed by atoms with Crippen molar-refractivity contribution in [1.29, 1.82) is 0 Å². The van der Waals surface area contributed by atoms with Crippen LogP contribution in [0.3, 0.4) is 0 Å². The van der Waals surface area contributed by atoms with Crippen molar-refractivity contribution in [2.75, 3.05) is 24.2 Å². The number of esters is 1. The smallest absolute Gasteiger partial charge is 0.305 e. The molecule has 104 valence electrons. The van der Waals surface area contributed by atoms with Gasteiger partial charge in [-0.2, -0.15) is 0 Å². The van der Waals surface area contributed by atoms with Crippen LogP contribution in [0.2, 0.25) is 0 Å². The summed E-state index contributed by atoms with van der Waals surface area (Å²) in [4.78, 5) is 22.5. The van der Waals surface area contributed by atoms with E-state index in [0.717, 1.165) is 5.69 Å². The van der Waals surface area contributed by atoms with Gasteiger partial charge < -0.3 is 15.8 Å². The van der Waals surface area contributed by atoms with E-state index in [0.29, 0.717) is 37.2 Å². The predicted molar refractivity (Wildman–Crippen MR) is 75.2 cm³/mol. The minimum atomic E-state index is -0.189. The molecule has 5 heteroatoms. The first kappa shape index (κ1) is 15.0. The third kappa shape index (κ3) is 4.99. The van der Waals surface area contributed by atoms with E-state index in [1.54, 1.807) is 19.1 Å². The molecule has 0 radical (unpaired) electrons. The molecule has 0 fully saturated rings. The maximum Gasteiger partial charge on any atom is 0.305 e. The van der Waals surface area contributed by atoms with Crippen LogP contribution in [-0.2, 0) is 9.53 Å². The first-order valence-electron chi connectivity index (χ1n) is 6.34. The second kappa shape index (κ2) is 7.41. The largest absolute Gasteiger partial charge is 0.466 e. The van der Waals surface area contributed by atoms with Crippen LogP contribution >= 0.6 is 0 Å². The van der Waals surface area contributed by atoms with Crippen molar-refractivity contribution in [3.8, 4) is 0 Å². The Kier molecular flexibility index (Phi) is 5.85. The number of carbonyl (C=O) groups excluding carboxylic acids is 2. The summed E-state index contributed by atoms with van der Waals surface area (Å²) in [6, 6.07) is 5.23. The highest BCUT2D eigenvalue weighted by Crippen LogP contribution is 2.18. The predicted octanol–water partition coefficient (Wildman–Crippen LogP) is 2.23. The van der Waals surface area contributed by atoms with Gasteiger partial charge in [0.1, 0.15) is 0 Å². The summed E-state index contributed by atoms with van der Waals surface area (Å²) in [6.45, 7) is 4.32. The average molecular weight is 264 g/mol. The molecule has 0 spiro atoms. The minimum Gasteiger partial charge on any atom is -0.466 e. The van der Waals surface area contributed by atoms with Crippen LogP contribution in [0.1, 0.15) is 37.0 Å². The molecule has 0 unspecified atom stereocenters. The summed E-state index contributed by atoms with van der Waals surface area (Å²) >= 11 is 0. The van der Waals surface area contributed by atoms with Gasteiger partial charge in [-0.05, 0) is 38.5 Å². The first-order chi connectivity index (χ1) is 9.04. The SMILES string of the molecule is CCOC(=O)CCCNc1ccc(N)c(C(C)=O)c1. The molecule has 5 nitrogen and oxygen atoms in total. The van der Waals surface area contributed by atoms with Crippen molar-refractivity contribution in [3.63, 3.8) is 0 Å². The van der Waals surface area contributed by atoms with Gasteiger partial charge in [-0.1, -0.05) is 0 Å². The standard InChI is InChI=1S/C14H20N2O3/c1-3-19-14(18)5-4-8-16-11-6-7-13(15)12(9-11)10(2)17/h6-7,9,16H,3-5,8,15H2,1-2H3. The molecule has 1 aromatic carbocycles. The van der Waals surface area contributed by atoms with Crippen LogP contribution in [0.4, 0.5) is 11.4 Å². The van der Waals surface area contributed by atoms with Crippen LogP contribution in [0, 0.1) is 0 Å². The van der Waals surface area contributed by atoms with Crippen molar-refractivity contribution in [2.24, 2.45) is 0 Å². The highest BCUT2D eigenvalue weighted by Gasteiger charge is 2.06. The molecule has 1 aromatic rings. The molecule has 0 aromatic heterocycles. The highest BCUT2D eigenvalue weighted by atomic mass is 16.5. The molecule has 0 amide bonds. The number of nitrogens with one attached hydrogen (secondary N) is 1. The third-order valence-corrected chi connectivity index (χ3v) is 2.62.